The third-order valence-electron chi connectivity index (χ3n) is 5.47. The second kappa shape index (κ2) is 8.53. The van der Waals surface area contributed by atoms with Gasteiger partial charge in [0.05, 0.1) is 18.0 Å². The van der Waals surface area contributed by atoms with E-state index >= 15 is 0 Å². The molecule has 4 rings (SSSR count). The molecule has 0 unspecified atom stereocenters. The van der Waals surface area contributed by atoms with Crippen LogP contribution in [0.5, 0.6) is 5.75 Å². The van der Waals surface area contributed by atoms with E-state index in [0.717, 1.165) is 38.8 Å². The van der Waals surface area contributed by atoms with Crippen LogP contribution >= 0.6 is 0 Å². The number of hydrogen-bond acceptors (Lipinski definition) is 3. The van der Waals surface area contributed by atoms with E-state index in [-0.39, 0.29) is 4.90 Å². The molecule has 0 saturated carbocycles. The minimum absolute atomic E-state index is 0.232. The summed E-state index contributed by atoms with van der Waals surface area (Å²) in [5, 5.41) is 1.76. The zero-order valence-electron chi connectivity index (χ0n) is 17.8. The van der Waals surface area contributed by atoms with Crippen LogP contribution in [0.1, 0.15) is 28.3 Å². The Bertz CT molecular complexity index is 1330. The number of nitrogens with one attached hydrogen (secondary N) is 1. The maximum atomic E-state index is 13.4. The van der Waals surface area contributed by atoms with Gasteiger partial charge in [0.2, 0.25) is 10.0 Å². The van der Waals surface area contributed by atoms with Gasteiger partial charge in [-0.25, -0.2) is 8.42 Å². The van der Waals surface area contributed by atoms with Gasteiger partial charge in [-0.1, -0.05) is 66.2 Å². The number of benzene rings is 4. The van der Waals surface area contributed by atoms with E-state index in [1.54, 1.807) is 25.3 Å². The van der Waals surface area contributed by atoms with Crippen molar-refractivity contribution in [2.45, 2.75) is 24.8 Å². The molecule has 0 spiro atoms. The number of fused-ring (bicyclic) bond motifs is 1. The number of rotatable bonds is 6. The number of methoxy groups -OCH3 is 1. The molecule has 0 aromatic heterocycles. The van der Waals surface area contributed by atoms with Crippen LogP contribution in [-0.4, -0.2) is 15.5 Å². The molecule has 4 aromatic carbocycles. The van der Waals surface area contributed by atoms with Crippen molar-refractivity contribution in [3.05, 3.63) is 107 Å². The summed E-state index contributed by atoms with van der Waals surface area (Å²) in [6.07, 6.45) is 0. The molecule has 158 valence electrons. The number of ether oxygens (including phenoxy) is 1. The standard InChI is InChI=1S/C26H25NO3S/c1-18-9-14-25(19(2)15-18)26(20-7-5-4-6-8-20)27-31(28,29)24-13-11-21-16-23(30-3)12-10-22(21)17-24/h4-17,26-27H,1-3H3/t26-/m0/s1. The zero-order valence-corrected chi connectivity index (χ0v) is 18.6. The quantitative estimate of drug-likeness (QED) is 0.436. The maximum Gasteiger partial charge on any atom is 0.241 e. The monoisotopic (exact) mass is 431 g/mol. The van der Waals surface area contributed by atoms with E-state index in [2.05, 4.69) is 10.8 Å². The largest absolute Gasteiger partial charge is 0.497 e. The predicted molar refractivity (Wildman–Crippen MR) is 125 cm³/mol. The number of hydrogen-bond donors (Lipinski definition) is 1. The average Bonchev–Trinajstić information content (AvgIpc) is 2.77. The molecule has 31 heavy (non-hydrogen) atoms. The lowest BCUT2D eigenvalue weighted by atomic mass is 9.95. The van der Waals surface area contributed by atoms with Crippen LogP contribution in [0.4, 0.5) is 0 Å². The van der Waals surface area contributed by atoms with Crippen molar-refractivity contribution in [2.75, 3.05) is 7.11 Å². The van der Waals surface area contributed by atoms with Crippen LogP contribution in [-0.2, 0) is 10.0 Å². The summed E-state index contributed by atoms with van der Waals surface area (Å²) in [4.78, 5) is 0.232. The van der Waals surface area contributed by atoms with E-state index in [0.29, 0.717) is 0 Å². The predicted octanol–water partition coefficient (Wildman–Crippen LogP) is 5.53. The van der Waals surface area contributed by atoms with Gasteiger partial charge in [-0.3, -0.25) is 0 Å². The highest BCUT2D eigenvalue weighted by atomic mass is 32.2. The molecule has 5 heteroatoms. The van der Waals surface area contributed by atoms with E-state index in [9.17, 15) is 8.42 Å². The molecular weight excluding hydrogens is 406 g/mol. The molecule has 4 aromatic rings. The number of sulfonamides is 1. The van der Waals surface area contributed by atoms with Crippen LogP contribution < -0.4 is 9.46 Å². The van der Waals surface area contributed by atoms with Gasteiger partial charge in [-0.05, 0) is 65.6 Å². The molecule has 4 nitrogen and oxygen atoms in total. The second-order valence-electron chi connectivity index (χ2n) is 7.70. The van der Waals surface area contributed by atoms with Crippen molar-refractivity contribution >= 4 is 20.8 Å². The Morgan fingerprint density at radius 2 is 1.52 bits per heavy atom. The summed E-state index contributed by atoms with van der Waals surface area (Å²) in [7, 11) is -2.16. The summed E-state index contributed by atoms with van der Waals surface area (Å²) in [5.41, 5.74) is 4.01. The fourth-order valence-electron chi connectivity index (χ4n) is 3.83. The Labute approximate surface area is 183 Å². The lowest BCUT2D eigenvalue weighted by molar-refractivity contribution is 0.415. The van der Waals surface area contributed by atoms with E-state index in [4.69, 9.17) is 4.74 Å². The van der Waals surface area contributed by atoms with E-state index in [1.165, 1.54) is 0 Å². The first kappa shape index (κ1) is 21.1. The van der Waals surface area contributed by atoms with Gasteiger partial charge in [0.1, 0.15) is 5.75 Å². The molecule has 1 N–H and O–H groups in total. The summed E-state index contributed by atoms with van der Waals surface area (Å²) in [6, 6.07) is 26.0. The van der Waals surface area contributed by atoms with Gasteiger partial charge in [-0.2, -0.15) is 4.72 Å². The first-order valence-electron chi connectivity index (χ1n) is 10.1. The molecule has 0 saturated heterocycles. The Kier molecular flexibility index (Phi) is 5.81. The smallest absolute Gasteiger partial charge is 0.241 e. The minimum atomic E-state index is -3.77. The fraction of sp³-hybridized carbons (Fsp3) is 0.154. The fourth-order valence-corrected chi connectivity index (χ4v) is 5.06. The van der Waals surface area contributed by atoms with Gasteiger partial charge in [0.25, 0.3) is 0 Å². The molecule has 0 radical (unpaired) electrons. The van der Waals surface area contributed by atoms with Crippen molar-refractivity contribution in [2.24, 2.45) is 0 Å². The molecule has 0 aliphatic heterocycles. The molecule has 1 atom stereocenters. The maximum absolute atomic E-state index is 13.4. The van der Waals surface area contributed by atoms with Crippen molar-refractivity contribution in [3.8, 4) is 5.75 Å². The third-order valence-corrected chi connectivity index (χ3v) is 6.89. The molecule has 0 amide bonds. The normalized spacial score (nSPS) is 12.6. The second-order valence-corrected chi connectivity index (χ2v) is 9.41. The highest BCUT2D eigenvalue weighted by Crippen LogP contribution is 2.29. The average molecular weight is 432 g/mol. The lowest BCUT2D eigenvalue weighted by Crippen LogP contribution is -2.30. The van der Waals surface area contributed by atoms with Crippen molar-refractivity contribution < 1.29 is 13.2 Å². The van der Waals surface area contributed by atoms with Crippen LogP contribution in [0, 0.1) is 13.8 Å². The van der Waals surface area contributed by atoms with Crippen LogP contribution in [0.3, 0.4) is 0 Å². The molecule has 0 heterocycles. The third kappa shape index (κ3) is 4.48. The molecule has 0 aliphatic rings. The number of aryl methyl sites for hydroxylation is 2. The SMILES string of the molecule is COc1ccc2cc(S(=O)(=O)N[C@@H](c3ccccc3)c3ccc(C)cc3C)ccc2c1. The van der Waals surface area contributed by atoms with Crippen LogP contribution in [0.25, 0.3) is 10.8 Å². The van der Waals surface area contributed by atoms with Crippen molar-refractivity contribution in [1.29, 1.82) is 0 Å². The summed E-state index contributed by atoms with van der Waals surface area (Å²) < 4.78 is 35.0. The Morgan fingerprint density at radius 1 is 0.806 bits per heavy atom. The highest BCUT2D eigenvalue weighted by molar-refractivity contribution is 7.89. The first-order chi connectivity index (χ1) is 14.9. The zero-order chi connectivity index (χ0) is 22.0. The van der Waals surface area contributed by atoms with Crippen LogP contribution in [0.15, 0.2) is 89.8 Å². The molecule has 0 fully saturated rings. The van der Waals surface area contributed by atoms with Crippen LogP contribution in [0.2, 0.25) is 0 Å². The summed E-state index contributed by atoms with van der Waals surface area (Å²) >= 11 is 0. The van der Waals surface area contributed by atoms with Gasteiger partial charge in [0.15, 0.2) is 0 Å². The van der Waals surface area contributed by atoms with Crippen molar-refractivity contribution in [1.82, 2.24) is 4.72 Å². The molecule has 0 bridgehead atoms. The molecule has 0 aliphatic carbocycles. The van der Waals surface area contributed by atoms with Crippen molar-refractivity contribution in [3.63, 3.8) is 0 Å². The summed E-state index contributed by atoms with van der Waals surface area (Å²) in [5.74, 6) is 0.736. The minimum Gasteiger partial charge on any atom is -0.497 e. The highest BCUT2D eigenvalue weighted by Gasteiger charge is 2.24. The van der Waals surface area contributed by atoms with Gasteiger partial charge < -0.3 is 4.74 Å². The summed E-state index contributed by atoms with van der Waals surface area (Å²) in [6.45, 7) is 4.04. The Hall–Kier alpha value is -3.15. The first-order valence-corrected chi connectivity index (χ1v) is 11.6. The van der Waals surface area contributed by atoms with Gasteiger partial charge >= 0.3 is 0 Å². The van der Waals surface area contributed by atoms with Gasteiger partial charge in [0, 0.05) is 0 Å². The Morgan fingerprint density at radius 3 is 2.23 bits per heavy atom. The van der Waals surface area contributed by atoms with E-state index in [1.807, 2.05) is 74.5 Å². The molecular formula is C26H25NO3S. The topological polar surface area (TPSA) is 55.4 Å². The van der Waals surface area contributed by atoms with Gasteiger partial charge in [-0.15, -0.1) is 0 Å². The van der Waals surface area contributed by atoms with E-state index < -0.39 is 16.1 Å². The lowest BCUT2D eigenvalue weighted by Gasteiger charge is -2.22. The Balaban J connectivity index is 1.76.